The second-order valence-corrected chi connectivity index (χ2v) is 5.80. The number of aryl methyl sites for hydroxylation is 1. The van der Waals surface area contributed by atoms with Crippen LogP contribution in [-0.4, -0.2) is 30.8 Å². The van der Waals surface area contributed by atoms with Gasteiger partial charge < -0.3 is 10.6 Å². The smallest absolute Gasteiger partial charge is 0.191 e. The van der Waals surface area contributed by atoms with Gasteiger partial charge in [0.25, 0.3) is 0 Å². The molecule has 3 nitrogen and oxygen atoms in total. The highest BCUT2D eigenvalue weighted by Gasteiger charge is 2.10. The maximum Gasteiger partial charge on any atom is 0.191 e. The predicted molar refractivity (Wildman–Crippen MR) is 80.2 cm³/mol. The molecule has 0 radical (unpaired) electrons. The molecular formula is C14H21N3S. The fraction of sp³-hybridized carbons (Fsp3) is 0.500. The van der Waals surface area contributed by atoms with E-state index in [0.29, 0.717) is 6.04 Å². The summed E-state index contributed by atoms with van der Waals surface area (Å²) in [5.41, 5.74) is 2.72. The zero-order valence-corrected chi connectivity index (χ0v) is 11.9. The lowest BCUT2D eigenvalue weighted by Gasteiger charge is -2.08. The van der Waals surface area contributed by atoms with Gasteiger partial charge in [-0.2, -0.15) is 11.8 Å². The molecule has 1 unspecified atom stereocenters. The third-order valence-corrected chi connectivity index (χ3v) is 3.86. The maximum atomic E-state index is 4.37. The highest BCUT2D eigenvalue weighted by molar-refractivity contribution is 7.98. The van der Waals surface area contributed by atoms with E-state index >= 15 is 0 Å². The molecule has 1 atom stereocenters. The molecule has 0 fully saturated rings. The minimum absolute atomic E-state index is 0.479. The van der Waals surface area contributed by atoms with Gasteiger partial charge in [0.1, 0.15) is 0 Å². The van der Waals surface area contributed by atoms with Crippen LogP contribution in [0.4, 0.5) is 0 Å². The number of guanidine groups is 1. The van der Waals surface area contributed by atoms with E-state index in [1.807, 2.05) is 11.8 Å². The van der Waals surface area contributed by atoms with E-state index in [0.717, 1.165) is 30.6 Å². The maximum absolute atomic E-state index is 4.37. The molecule has 0 amide bonds. The molecular weight excluding hydrogens is 242 g/mol. The minimum atomic E-state index is 0.479. The molecule has 0 saturated heterocycles. The number of benzene rings is 1. The van der Waals surface area contributed by atoms with Gasteiger partial charge >= 0.3 is 0 Å². The van der Waals surface area contributed by atoms with Crippen LogP contribution >= 0.6 is 11.8 Å². The number of rotatable bonds is 5. The Bertz CT molecular complexity index is 400. The SMILES string of the molecule is Cc1ccc(CSCCNC2=NCC(C)N2)cc1. The molecule has 18 heavy (non-hydrogen) atoms. The van der Waals surface area contributed by atoms with Gasteiger partial charge in [-0.25, -0.2) is 0 Å². The predicted octanol–water partition coefficient (Wildman–Crippen LogP) is 2.17. The van der Waals surface area contributed by atoms with Gasteiger partial charge in [0.2, 0.25) is 0 Å². The highest BCUT2D eigenvalue weighted by atomic mass is 32.2. The number of hydrogen-bond acceptors (Lipinski definition) is 4. The average Bonchev–Trinajstić information content (AvgIpc) is 2.77. The summed E-state index contributed by atoms with van der Waals surface area (Å²) in [4.78, 5) is 4.37. The average molecular weight is 263 g/mol. The summed E-state index contributed by atoms with van der Waals surface area (Å²) < 4.78 is 0. The van der Waals surface area contributed by atoms with E-state index < -0.39 is 0 Å². The Balaban J connectivity index is 1.57. The zero-order chi connectivity index (χ0) is 12.8. The molecule has 1 aliphatic rings. The van der Waals surface area contributed by atoms with E-state index in [2.05, 4.69) is 53.7 Å². The number of thioether (sulfide) groups is 1. The van der Waals surface area contributed by atoms with Crippen LogP contribution in [0.3, 0.4) is 0 Å². The topological polar surface area (TPSA) is 36.4 Å². The van der Waals surface area contributed by atoms with Crippen molar-refractivity contribution >= 4 is 17.7 Å². The van der Waals surface area contributed by atoms with Crippen molar-refractivity contribution in [2.24, 2.45) is 4.99 Å². The van der Waals surface area contributed by atoms with Gasteiger partial charge in [0.15, 0.2) is 5.96 Å². The van der Waals surface area contributed by atoms with Crippen LogP contribution in [0.5, 0.6) is 0 Å². The van der Waals surface area contributed by atoms with Gasteiger partial charge in [-0.1, -0.05) is 29.8 Å². The molecule has 1 heterocycles. The summed E-state index contributed by atoms with van der Waals surface area (Å²) in [5.74, 6) is 3.14. The summed E-state index contributed by atoms with van der Waals surface area (Å²) in [6, 6.07) is 9.24. The summed E-state index contributed by atoms with van der Waals surface area (Å²) >= 11 is 1.95. The van der Waals surface area contributed by atoms with E-state index in [1.54, 1.807) is 0 Å². The number of hydrogen-bond donors (Lipinski definition) is 2. The number of aliphatic imine (C=N–C) groups is 1. The summed E-state index contributed by atoms with van der Waals surface area (Å²) in [5, 5.41) is 6.62. The van der Waals surface area contributed by atoms with Gasteiger partial charge in [0.05, 0.1) is 6.54 Å². The third kappa shape index (κ3) is 4.26. The molecule has 98 valence electrons. The first kappa shape index (κ1) is 13.3. The summed E-state index contributed by atoms with van der Waals surface area (Å²) in [6.45, 7) is 6.12. The Labute approximate surface area is 113 Å². The van der Waals surface area contributed by atoms with Crippen molar-refractivity contribution < 1.29 is 0 Å². The molecule has 0 aliphatic carbocycles. The van der Waals surface area contributed by atoms with E-state index in [9.17, 15) is 0 Å². The molecule has 0 bridgehead atoms. The fourth-order valence-electron chi connectivity index (χ4n) is 1.78. The van der Waals surface area contributed by atoms with Crippen LogP contribution < -0.4 is 10.6 Å². The summed E-state index contributed by atoms with van der Waals surface area (Å²) in [7, 11) is 0. The molecule has 4 heteroatoms. The van der Waals surface area contributed by atoms with Gasteiger partial charge in [-0.15, -0.1) is 0 Å². The second kappa shape index (κ2) is 6.69. The lowest BCUT2D eigenvalue weighted by Crippen LogP contribution is -2.38. The van der Waals surface area contributed by atoms with Crippen molar-refractivity contribution in [1.29, 1.82) is 0 Å². The van der Waals surface area contributed by atoms with E-state index in [1.165, 1.54) is 11.1 Å². The zero-order valence-electron chi connectivity index (χ0n) is 11.1. The van der Waals surface area contributed by atoms with Crippen molar-refractivity contribution in [2.75, 3.05) is 18.8 Å². The van der Waals surface area contributed by atoms with Crippen LogP contribution in [0, 0.1) is 6.92 Å². The molecule has 1 aliphatic heterocycles. The molecule has 0 aromatic heterocycles. The second-order valence-electron chi connectivity index (χ2n) is 4.70. The largest absolute Gasteiger partial charge is 0.356 e. The van der Waals surface area contributed by atoms with Crippen LogP contribution in [0.1, 0.15) is 18.1 Å². The lowest BCUT2D eigenvalue weighted by molar-refractivity contribution is 0.716. The van der Waals surface area contributed by atoms with Crippen molar-refractivity contribution in [3.8, 4) is 0 Å². The van der Waals surface area contributed by atoms with Gasteiger partial charge in [0, 0.05) is 24.1 Å². The first-order valence-corrected chi connectivity index (χ1v) is 7.57. The van der Waals surface area contributed by atoms with Crippen LogP contribution in [0.15, 0.2) is 29.3 Å². The van der Waals surface area contributed by atoms with Crippen molar-refractivity contribution in [2.45, 2.75) is 25.6 Å². The lowest BCUT2D eigenvalue weighted by atomic mass is 10.2. The minimum Gasteiger partial charge on any atom is -0.356 e. The first-order valence-electron chi connectivity index (χ1n) is 6.42. The van der Waals surface area contributed by atoms with Gasteiger partial charge in [-0.3, -0.25) is 4.99 Å². The van der Waals surface area contributed by atoms with Crippen molar-refractivity contribution in [1.82, 2.24) is 10.6 Å². The first-order chi connectivity index (χ1) is 8.74. The van der Waals surface area contributed by atoms with Crippen LogP contribution in [0.25, 0.3) is 0 Å². The van der Waals surface area contributed by atoms with E-state index in [4.69, 9.17) is 0 Å². The highest BCUT2D eigenvalue weighted by Crippen LogP contribution is 2.12. The Kier molecular flexibility index (Phi) is 4.93. The Morgan fingerprint density at radius 2 is 2.17 bits per heavy atom. The van der Waals surface area contributed by atoms with Crippen LogP contribution in [-0.2, 0) is 5.75 Å². The van der Waals surface area contributed by atoms with Crippen molar-refractivity contribution in [3.05, 3.63) is 35.4 Å². The molecule has 2 rings (SSSR count). The Morgan fingerprint density at radius 1 is 1.39 bits per heavy atom. The Hall–Kier alpha value is -1.16. The van der Waals surface area contributed by atoms with Crippen molar-refractivity contribution in [3.63, 3.8) is 0 Å². The Morgan fingerprint density at radius 3 is 2.83 bits per heavy atom. The number of nitrogens with one attached hydrogen (secondary N) is 2. The van der Waals surface area contributed by atoms with E-state index in [-0.39, 0.29) is 0 Å². The molecule has 2 N–H and O–H groups in total. The molecule has 1 aromatic carbocycles. The van der Waals surface area contributed by atoms with Crippen LogP contribution in [0.2, 0.25) is 0 Å². The standard InChI is InChI=1S/C14H21N3S/c1-11-3-5-13(6-4-11)10-18-8-7-15-14-16-9-12(2)17-14/h3-6,12H,7-10H2,1-2H3,(H2,15,16,17). The fourth-order valence-corrected chi connectivity index (χ4v) is 2.59. The summed E-state index contributed by atoms with van der Waals surface area (Å²) in [6.07, 6.45) is 0. The molecule has 1 aromatic rings. The monoisotopic (exact) mass is 263 g/mol. The molecule has 0 spiro atoms. The third-order valence-electron chi connectivity index (χ3n) is 2.83. The quantitative estimate of drug-likeness (QED) is 0.799. The normalized spacial score (nSPS) is 18.3. The molecule has 0 saturated carbocycles. The van der Waals surface area contributed by atoms with Gasteiger partial charge in [-0.05, 0) is 19.4 Å². The number of nitrogens with zero attached hydrogens (tertiary/aromatic N) is 1.